The third-order valence-electron chi connectivity index (χ3n) is 8.19. The number of aryl methyl sites for hydroxylation is 1. The van der Waals surface area contributed by atoms with Crippen LogP contribution in [0.4, 0.5) is 0 Å². The average molecular weight is 497 g/mol. The normalized spacial score (nSPS) is 19.0. The maximum atomic E-state index is 13.6. The first-order chi connectivity index (χ1) is 18.0. The molecule has 0 radical (unpaired) electrons. The van der Waals surface area contributed by atoms with Gasteiger partial charge in [-0.15, -0.1) is 0 Å². The lowest BCUT2D eigenvalue weighted by Gasteiger charge is -2.43. The average Bonchev–Trinajstić information content (AvgIpc) is 3.38. The van der Waals surface area contributed by atoms with Crippen LogP contribution in [0.15, 0.2) is 54.6 Å². The summed E-state index contributed by atoms with van der Waals surface area (Å²) in [5.74, 6) is 0.591. The minimum absolute atomic E-state index is 0.0216. The summed E-state index contributed by atoms with van der Waals surface area (Å²) >= 11 is 0. The van der Waals surface area contributed by atoms with E-state index in [9.17, 15) is 14.7 Å². The molecule has 6 rings (SSSR count). The number of carbonyl (C=O) groups is 2. The second-order valence-electron chi connectivity index (χ2n) is 10.5. The number of phenolic OH excluding ortho intramolecular Hbond substituents is 1. The highest BCUT2D eigenvalue weighted by atomic mass is 16.3. The number of fused-ring (bicyclic) bond motifs is 2. The predicted octanol–water partition coefficient (Wildman–Crippen LogP) is 5.28. The van der Waals surface area contributed by atoms with E-state index in [4.69, 9.17) is 0 Å². The molecule has 0 bridgehead atoms. The molecule has 7 nitrogen and oxygen atoms in total. The molecule has 2 N–H and O–H groups in total. The molecule has 1 unspecified atom stereocenters. The van der Waals surface area contributed by atoms with E-state index in [-0.39, 0.29) is 23.6 Å². The number of pyridine rings is 1. The van der Waals surface area contributed by atoms with Crippen molar-refractivity contribution < 1.29 is 14.7 Å². The molecule has 37 heavy (non-hydrogen) atoms. The molecule has 0 aliphatic carbocycles. The Morgan fingerprint density at radius 3 is 2.59 bits per heavy atom. The number of hydrogen-bond donors (Lipinski definition) is 2. The van der Waals surface area contributed by atoms with Crippen molar-refractivity contribution in [2.75, 3.05) is 19.6 Å². The van der Waals surface area contributed by atoms with Crippen molar-refractivity contribution in [2.45, 2.75) is 45.1 Å². The van der Waals surface area contributed by atoms with Gasteiger partial charge in [0.1, 0.15) is 17.1 Å². The first-order valence-electron chi connectivity index (χ1n) is 13.3. The summed E-state index contributed by atoms with van der Waals surface area (Å²) in [6, 6.07) is 16.8. The summed E-state index contributed by atoms with van der Waals surface area (Å²) in [6.07, 6.45) is 4.90. The third kappa shape index (κ3) is 4.43. The van der Waals surface area contributed by atoms with Crippen LogP contribution in [0.1, 0.15) is 58.6 Å². The summed E-state index contributed by atoms with van der Waals surface area (Å²) in [5, 5.41) is 11.6. The number of aromatic hydroxyl groups is 1. The number of aromatic amines is 1. The standard InChI is InChI=1S/C30H32N4O3/c1-19-5-4-6-25-23(19)18-27(32-25)29(36)33-15-12-20(13-16-33)28-7-2-3-14-34(28)30(37)26-10-8-21-17-22(35)9-11-24(21)31-26/h4-6,8-11,17-18,20,28,32,35H,2-3,7,12-16H2,1H3. The number of amides is 2. The van der Waals surface area contributed by atoms with Crippen molar-refractivity contribution in [1.82, 2.24) is 19.8 Å². The zero-order valence-electron chi connectivity index (χ0n) is 21.1. The van der Waals surface area contributed by atoms with Crippen LogP contribution in [-0.4, -0.2) is 62.4 Å². The molecule has 0 spiro atoms. The second-order valence-corrected chi connectivity index (χ2v) is 10.5. The first kappa shape index (κ1) is 23.5. The van der Waals surface area contributed by atoms with Crippen LogP contribution in [0.3, 0.4) is 0 Å². The Balaban J connectivity index is 1.15. The lowest BCUT2D eigenvalue weighted by Crippen LogP contribution is -2.51. The minimum atomic E-state index is -0.0216. The van der Waals surface area contributed by atoms with Gasteiger partial charge >= 0.3 is 0 Å². The van der Waals surface area contributed by atoms with E-state index in [1.807, 2.05) is 34.1 Å². The summed E-state index contributed by atoms with van der Waals surface area (Å²) in [4.78, 5) is 38.7. The van der Waals surface area contributed by atoms with Gasteiger partial charge in [0.15, 0.2) is 0 Å². The van der Waals surface area contributed by atoms with Crippen molar-refractivity contribution >= 4 is 33.6 Å². The number of hydrogen-bond acceptors (Lipinski definition) is 4. The van der Waals surface area contributed by atoms with Gasteiger partial charge in [-0.05, 0) is 86.9 Å². The Bertz CT molecular complexity index is 1490. The van der Waals surface area contributed by atoms with Crippen LogP contribution in [0, 0.1) is 12.8 Å². The Morgan fingerprint density at radius 2 is 1.78 bits per heavy atom. The molecule has 2 aromatic heterocycles. The fourth-order valence-electron chi connectivity index (χ4n) is 6.16. The van der Waals surface area contributed by atoms with Crippen LogP contribution in [0.5, 0.6) is 5.75 Å². The highest BCUT2D eigenvalue weighted by molar-refractivity contribution is 5.99. The van der Waals surface area contributed by atoms with Crippen molar-refractivity contribution in [3.63, 3.8) is 0 Å². The molecule has 2 saturated heterocycles. The molecule has 2 aliphatic heterocycles. The smallest absolute Gasteiger partial charge is 0.272 e. The Morgan fingerprint density at radius 1 is 0.946 bits per heavy atom. The Hall–Kier alpha value is -3.87. The van der Waals surface area contributed by atoms with Gasteiger partial charge in [-0.25, -0.2) is 4.98 Å². The highest BCUT2D eigenvalue weighted by Gasteiger charge is 2.36. The zero-order valence-corrected chi connectivity index (χ0v) is 21.1. The number of benzene rings is 2. The lowest BCUT2D eigenvalue weighted by atomic mass is 9.83. The van der Waals surface area contributed by atoms with Crippen molar-refractivity contribution in [3.8, 4) is 5.75 Å². The fourth-order valence-corrected chi connectivity index (χ4v) is 6.16. The van der Waals surface area contributed by atoms with E-state index in [1.165, 1.54) is 0 Å². The number of rotatable bonds is 3. The van der Waals surface area contributed by atoms with Gasteiger partial charge in [0.2, 0.25) is 0 Å². The number of phenols is 1. The SMILES string of the molecule is Cc1cccc2[nH]c(C(=O)N3CCC(C4CCCCN4C(=O)c4ccc5cc(O)ccc5n4)CC3)cc12. The van der Waals surface area contributed by atoms with Gasteiger partial charge < -0.3 is 19.9 Å². The Kier molecular flexibility index (Phi) is 6.07. The van der Waals surface area contributed by atoms with Crippen LogP contribution in [0.2, 0.25) is 0 Å². The largest absolute Gasteiger partial charge is 0.508 e. The van der Waals surface area contributed by atoms with E-state index in [2.05, 4.69) is 23.0 Å². The van der Waals surface area contributed by atoms with Crippen molar-refractivity contribution in [3.05, 3.63) is 71.5 Å². The molecule has 1 atom stereocenters. The summed E-state index contributed by atoms with van der Waals surface area (Å²) < 4.78 is 0. The molecule has 2 fully saturated rings. The van der Waals surface area contributed by atoms with E-state index >= 15 is 0 Å². The summed E-state index contributed by atoms with van der Waals surface area (Å²) in [5.41, 5.74) is 3.96. The van der Waals surface area contributed by atoms with Crippen LogP contribution >= 0.6 is 0 Å². The number of nitrogens with one attached hydrogen (secondary N) is 1. The van der Waals surface area contributed by atoms with E-state index in [0.29, 0.717) is 35.9 Å². The number of nitrogens with zero attached hydrogens (tertiary/aromatic N) is 3. The number of likely N-dealkylation sites (tertiary alicyclic amines) is 2. The quantitative estimate of drug-likeness (QED) is 0.404. The van der Waals surface area contributed by atoms with Crippen molar-refractivity contribution in [1.29, 1.82) is 0 Å². The third-order valence-corrected chi connectivity index (χ3v) is 8.19. The van der Waals surface area contributed by atoms with E-state index in [1.54, 1.807) is 24.3 Å². The van der Waals surface area contributed by atoms with Crippen LogP contribution in [0.25, 0.3) is 21.8 Å². The predicted molar refractivity (Wildman–Crippen MR) is 144 cm³/mol. The molecule has 4 heterocycles. The molecule has 0 saturated carbocycles. The van der Waals surface area contributed by atoms with Crippen molar-refractivity contribution in [2.24, 2.45) is 5.92 Å². The monoisotopic (exact) mass is 496 g/mol. The van der Waals surface area contributed by atoms with E-state index < -0.39 is 0 Å². The topological polar surface area (TPSA) is 89.5 Å². The summed E-state index contributed by atoms with van der Waals surface area (Å²) in [6.45, 7) is 4.21. The van der Waals surface area contributed by atoms with E-state index in [0.717, 1.165) is 60.5 Å². The lowest BCUT2D eigenvalue weighted by molar-refractivity contribution is 0.0370. The second kappa shape index (κ2) is 9.54. The maximum Gasteiger partial charge on any atom is 0.272 e. The number of piperidine rings is 2. The van der Waals surface area contributed by atoms with Crippen LogP contribution in [-0.2, 0) is 0 Å². The zero-order chi connectivity index (χ0) is 25.5. The molecule has 2 aromatic carbocycles. The number of carbonyl (C=O) groups excluding carboxylic acids is 2. The van der Waals surface area contributed by atoms with Gasteiger partial charge in [-0.1, -0.05) is 18.2 Å². The minimum Gasteiger partial charge on any atom is -0.508 e. The first-order valence-corrected chi connectivity index (χ1v) is 13.3. The summed E-state index contributed by atoms with van der Waals surface area (Å²) in [7, 11) is 0. The van der Waals surface area contributed by atoms with Crippen LogP contribution < -0.4 is 0 Å². The number of aromatic nitrogens is 2. The molecular formula is C30H32N4O3. The highest BCUT2D eigenvalue weighted by Crippen LogP contribution is 2.32. The maximum absolute atomic E-state index is 13.6. The Labute approximate surface area is 216 Å². The van der Waals surface area contributed by atoms with Gasteiger partial charge in [-0.2, -0.15) is 0 Å². The molecular weight excluding hydrogens is 464 g/mol. The van der Waals surface area contributed by atoms with Gasteiger partial charge in [-0.3, -0.25) is 9.59 Å². The molecule has 2 aliphatic rings. The molecule has 2 amide bonds. The van der Waals surface area contributed by atoms with Gasteiger partial charge in [0, 0.05) is 42.0 Å². The molecule has 4 aromatic rings. The molecule has 7 heteroatoms. The fraction of sp³-hybridized carbons (Fsp3) is 0.367. The van der Waals surface area contributed by atoms with Gasteiger partial charge in [0.05, 0.1) is 5.52 Å². The molecule has 190 valence electrons. The van der Waals surface area contributed by atoms with Gasteiger partial charge in [0.25, 0.3) is 11.8 Å². The number of H-pyrrole nitrogens is 1.